The molecule has 0 bridgehead atoms. The van der Waals surface area contributed by atoms with Gasteiger partial charge in [-0.25, -0.2) is 0 Å². The van der Waals surface area contributed by atoms with Gasteiger partial charge in [-0.15, -0.1) is 0 Å². The lowest BCUT2D eigenvalue weighted by molar-refractivity contribution is -0.184. The highest BCUT2D eigenvalue weighted by molar-refractivity contribution is 9.10. The molecule has 23 heavy (non-hydrogen) atoms. The van der Waals surface area contributed by atoms with Gasteiger partial charge in [-0.05, 0) is 25.0 Å². The summed E-state index contributed by atoms with van der Waals surface area (Å²) in [6.45, 7) is 0.119. The molecule has 1 saturated heterocycles. The third-order valence-electron chi connectivity index (χ3n) is 4.35. The molecule has 0 spiro atoms. The van der Waals surface area contributed by atoms with Crippen molar-refractivity contribution >= 4 is 32.7 Å². The summed E-state index contributed by atoms with van der Waals surface area (Å²) in [6.07, 6.45) is -2.08. The molecule has 7 heteroatoms. The number of fused-ring (bicyclic) bond motifs is 1. The molecular weight excluding hydrogens is 373 g/mol. The molecule has 2 aromatic rings. The van der Waals surface area contributed by atoms with Crippen LogP contribution in [-0.4, -0.2) is 34.6 Å². The summed E-state index contributed by atoms with van der Waals surface area (Å²) in [5.41, 5.74) is 1.32. The molecule has 0 N–H and O–H groups in total. The number of halogens is 4. The Bertz CT molecular complexity index is 754. The van der Waals surface area contributed by atoms with Crippen molar-refractivity contribution in [3.63, 3.8) is 0 Å². The zero-order valence-electron chi connectivity index (χ0n) is 12.5. The number of benzene rings is 1. The van der Waals surface area contributed by atoms with E-state index in [0.29, 0.717) is 18.5 Å². The first-order valence-electron chi connectivity index (χ1n) is 7.38. The van der Waals surface area contributed by atoms with Gasteiger partial charge in [-0.2, -0.15) is 13.2 Å². The third kappa shape index (κ3) is 3.11. The minimum atomic E-state index is -4.25. The van der Waals surface area contributed by atoms with Gasteiger partial charge in [-0.3, -0.25) is 4.79 Å². The molecule has 1 aliphatic heterocycles. The van der Waals surface area contributed by atoms with E-state index >= 15 is 0 Å². The van der Waals surface area contributed by atoms with Crippen molar-refractivity contribution in [2.45, 2.75) is 19.0 Å². The van der Waals surface area contributed by atoms with Crippen molar-refractivity contribution in [1.29, 1.82) is 0 Å². The second kappa shape index (κ2) is 5.85. The van der Waals surface area contributed by atoms with E-state index in [4.69, 9.17) is 0 Å². The molecule has 1 unspecified atom stereocenters. The molecule has 0 radical (unpaired) electrons. The Morgan fingerprint density at radius 3 is 2.78 bits per heavy atom. The van der Waals surface area contributed by atoms with Gasteiger partial charge < -0.3 is 9.47 Å². The lowest BCUT2D eigenvalue weighted by atomic mass is 9.97. The number of hydrogen-bond donors (Lipinski definition) is 0. The van der Waals surface area contributed by atoms with Crippen LogP contribution in [0.1, 0.15) is 23.2 Å². The number of aromatic nitrogens is 1. The van der Waals surface area contributed by atoms with Crippen LogP contribution < -0.4 is 0 Å². The molecule has 1 aromatic heterocycles. The third-order valence-corrected chi connectivity index (χ3v) is 4.85. The number of alkyl halides is 3. The fraction of sp³-hybridized carbons (Fsp3) is 0.438. The number of piperidine rings is 1. The van der Waals surface area contributed by atoms with Crippen LogP contribution in [0.2, 0.25) is 0 Å². The fourth-order valence-corrected chi connectivity index (χ4v) is 3.48. The molecule has 3 rings (SSSR count). The van der Waals surface area contributed by atoms with Crippen LogP contribution >= 0.6 is 15.9 Å². The van der Waals surface area contributed by atoms with Crippen molar-refractivity contribution in [3.05, 3.63) is 34.4 Å². The predicted molar refractivity (Wildman–Crippen MR) is 85.3 cm³/mol. The molecule has 3 nitrogen and oxygen atoms in total. The molecule has 2 heterocycles. The Morgan fingerprint density at radius 1 is 1.35 bits per heavy atom. The van der Waals surface area contributed by atoms with Crippen LogP contribution in [0.15, 0.2) is 28.9 Å². The van der Waals surface area contributed by atoms with E-state index in [-0.39, 0.29) is 18.9 Å². The number of carbonyl (C=O) groups excluding carboxylic acids is 1. The van der Waals surface area contributed by atoms with Crippen LogP contribution in [0.25, 0.3) is 10.9 Å². The maximum atomic E-state index is 12.9. The monoisotopic (exact) mass is 388 g/mol. The minimum Gasteiger partial charge on any atom is -0.350 e. The fourth-order valence-electron chi connectivity index (χ4n) is 3.13. The van der Waals surface area contributed by atoms with Crippen LogP contribution in [0.3, 0.4) is 0 Å². The van der Waals surface area contributed by atoms with Crippen molar-refractivity contribution in [3.8, 4) is 0 Å². The van der Waals surface area contributed by atoms with Gasteiger partial charge in [0.15, 0.2) is 0 Å². The van der Waals surface area contributed by atoms with Crippen LogP contribution in [-0.2, 0) is 7.05 Å². The normalized spacial score (nSPS) is 19.3. The van der Waals surface area contributed by atoms with Crippen molar-refractivity contribution in [2.24, 2.45) is 13.0 Å². The average Bonchev–Trinajstić information content (AvgIpc) is 2.82. The molecule has 124 valence electrons. The van der Waals surface area contributed by atoms with E-state index in [9.17, 15) is 18.0 Å². The molecule has 1 amide bonds. The largest absolute Gasteiger partial charge is 0.393 e. The predicted octanol–water partition coefficient (Wildman–Crippen LogP) is 4.36. The molecular formula is C16H16BrF3N2O. The number of aryl methyl sites for hydroxylation is 1. The first-order valence-corrected chi connectivity index (χ1v) is 8.17. The average molecular weight is 389 g/mol. The number of hydrogen-bond acceptors (Lipinski definition) is 1. The zero-order valence-corrected chi connectivity index (χ0v) is 14.1. The molecule has 0 aliphatic carbocycles. The summed E-state index contributed by atoms with van der Waals surface area (Å²) in [5.74, 6) is -1.75. The van der Waals surface area contributed by atoms with Gasteiger partial charge >= 0.3 is 6.18 Å². The van der Waals surface area contributed by atoms with Gasteiger partial charge in [0.05, 0.1) is 11.5 Å². The highest BCUT2D eigenvalue weighted by atomic mass is 79.9. The van der Waals surface area contributed by atoms with E-state index in [0.717, 1.165) is 15.4 Å². The summed E-state index contributed by atoms with van der Waals surface area (Å²) < 4.78 is 41.5. The van der Waals surface area contributed by atoms with Gasteiger partial charge in [0.1, 0.15) is 0 Å². The topological polar surface area (TPSA) is 25.2 Å². The Labute approximate surface area is 140 Å². The van der Waals surface area contributed by atoms with E-state index < -0.39 is 12.1 Å². The number of likely N-dealkylation sites (tertiary alicyclic amines) is 1. The highest BCUT2D eigenvalue weighted by Crippen LogP contribution is 2.34. The Hall–Kier alpha value is -1.50. The number of nitrogens with zero attached hydrogens (tertiary/aromatic N) is 2. The molecule has 1 aromatic carbocycles. The summed E-state index contributed by atoms with van der Waals surface area (Å²) >= 11 is 3.39. The van der Waals surface area contributed by atoms with Gasteiger partial charge in [0.2, 0.25) is 0 Å². The minimum absolute atomic E-state index is 0.0930. The van der Waals surface area contributed by atoms with E-state index in [2.05, 4.69) is 15.9 Å². The van der Waals surface area contributed by atoms with Crippen LogP contribution in [0.4, 0.5) is 13.2 Å². The summed E-state index contributed by atoms with van der Waals surface area (Å²) in [7, 11) is 1.82. The van der Waals surface area contributed by atoms with Crippen molar-refractivity contribution < 1.29 is 18.0 Å². The Balaban J connectivity index is 1.91. The Kier molecular flexibility index (Phi) is 4.16. The number of carbonyl (C=O) groups is 1. The summed E-state index contributed by atoms with van der Waals surface area (Å²) in [4.78, 5) is 14.0. The van der Waals surface area contributed by atoms with E-state index in [1.807, 2.05) is 29.8 Å². The maximum Gasteiger partial charge on any atom is 0.393 e. The van der Waals surface area contributed by atoms with Crippen molar-refractivity contribution in [1.82, 2.24) is 9.47 Å². The summed E-state index contributed by atoms with van der Waals surface area (Å²) in [6, 6.07) is 5.53. The molecule has 0 saturated carbocycles. The van der Waals surface area contributed by atoms with Crippen LogP contribution in [0.5, 0.6) is 0 Å². The van der Waals surface area contributed by atoms with Gasteiger partial charge in [0.25, 0.3) is 5.91 Å². The smallest absolute Gasteiger partial charge is 0.350 e. The molecule has 1 aliphatic rings. The lowest BCUT2D eigenvalue weighted by Crippen LogP contribution is -2.44. The second-order valence-corrected chi connectivity index (χ2v) is 6.86. The summed E-state index contributed by atoms with van der Waals surface area (Å²) in [5, 5.41) is 0.759. The first kappa shape index (κ1) is 16.4. The number of amides is 1. The number of rotatable bonds is 1. The maximum absolute atomic E-state index is 12.9. The van der Waals surface area contributed by atoms with Gasteiger partial charge in [-0.1, -0.05) is 22.0 Å². The zero-order chi connectivity index (χ0) is 16.8. The van der Waals surface area contributed by atoms with Crippen LogP contribution in [0, 0.1) is 5.92 Å². The first-order chi connectivity index (χ1) is 10.8. The quantitative estimate of drug-likeness (QED) is 0.712. The van der Waals surface area contributed by atoms with E-state index in [1.165, 1.54) is 4.90 Å². The molecule has 1 atom stereocenters. The van der Waals surface area contributed by atoms with Gasteiger partial charge in [0, 0.05) is 41.7 Å². The lowest BCUT2D eigenvalue weighted by Gasteiger charge is -2.33. The second-order valence-electron chi connectivity index (χ2n) is 5.95. The standard InChI is InChI=1S/C16H16BrF3N2O/c1-21-9-13(12-5-4-11(17)7-14(12)21)15(23)22-6-2-3-10(8-22)16(18,19)20/h4-5,7,9-10H,2-3,6,8H2,1H3. The Morgan fingerprint density at radius 2 is 2.09 bits per heavy atom. The SMILES string of the molecule is Cn1cc(C(=O)N2CCCC(C(F)(F)F)C2)c2ccc(Br)cc21. The van der Waals surface area contributed by atoms with Crippen molar-refractivity contribution in [2.75, 3.05) is 13.1 Å². The molecule has 1 fully saturated rings. The van der Waals surface area contributed by atoms with E-state index in [1.54, 1.807) is 6.20 Å². The highest BCUT2D eigenvalue weighted by Gasteiger charge is 2.43.